The summed E-state index contributed by atoms with van der Waals surface area (Å²) in [5.41, 5.74) is 0. The molecule has 0 spiro atoms. The maximum Gasteiger partial charge on any atom is 0.261 e. The lowest BCUT2D eigenvalue weighted by molar-refractivity contribution is -0.128. The summed E-state index contributed by atoms with van der Waals surface area (Å²) >= 11 is 0. The van der Waals surface area contributed by atoms with Crippen molar-refractivity contribution in [2.75, 3.05) is 13.2 Å². The van der Waals surface area contributed by atoms with Crippen LogP contribution >= 0.6 is 0 Å². The molecule has 0 radical (unpaired) electrons. The zero-order chi connectivity index (χ0) is 14.4. The molecule has 1 saturated heterocycles. The van der Waals surface area contributed by atoms with Crippen LogP contribution in [-0.2, 0) is 9.53 Å². The number of carbonyl (C=O) groups is 1. The fraction of sp³-hybridized carbons (Fsp3) is 0.533. The maximum atomic E-state index is 13.5. The average Bonchev–Trinajstić information content (AvgIpc) is 2.97. The van der Waals surface area contributed by atoms with Crippen LogP contribution in [0.2, 0.25) is 0 Å². The number of nitrogens with one attached hydrogen (secondary N) is 1. The van der Waals surface area contributed by atoms with E-state index in [-0.39, 0.29) is 17.8 Å². The van der Waals surface area contributed by atoms with Crippen molar-refractivity contribution in [3.8, 4) is 5.75 Å². The van der Waals surface area contributed by atoms with E-state index in [4.69, 9.17) is 9.47 Å². The van der Waals surface area contributed by atoms with Crippen molar-refractivity contribution in [3.63, 3.8) is 0 Å². The first-order chi connectivity index (χ1) is 9.70. The molecule has 0 aliphatic carbocycles. The fourth-order valence-corrected chi connectivity index (χ4v) is 2.15. The predicted molar refractivity (Wildman–Crippen MR) is 73.1 cm³/mol. The molecule has 1 amide bonds. The first-order valence-electron chi connectivity index (χ1n) is 7.01. The van der Waals surface area contributed by atoms with Crippen molar-refractivity contribution in [1.29, 1.82) is 0 Å². The van der Waals surface area contributed by atoms with Gasteiger partial charge in [0, 0.05) is 13.2 Å². The first-order valence-corrected chi connectivity index (χ1v) is 7.01. The molecule has 0 saturated carbocycles. The molecular formula is C15H20FNO3. The lowest BCUT2D eigenvalue weighted by Crippen LogP contribution is -2.41. The molecule has 20 heavy (non-hydrogen) atoms. The molecule has 1 fully saturated rings. The summed E-state index contributed by atoms with van der Waals surface area (Å²) in [5, 5.41) is 2.80. The van der Waals surface area contributed by atoms with E-state index in [2.05, 4.69) is 5.32 Å². The van der Waals surface area contributed by atoms with Crippen LogP contribution in [0.1, 0.15) is 26.2 Å². The number of hydrogen-bond acceptors (Lipinski definition) is 3. The third-order valence-corrected chi connectivity index (χ3v) is 3.30. The van der Waals surface area contributed by atoms with E-state index in [0.29, 0.717) is 13.0 Å². The molecule has 1 aromatic carbocycles. The number of amides is 1. The Morgan fingerprint density at radius 1 is 1.55 bits per heavy atom. The zero-order valence-electron chi connectivity index (χ0n) is 11.6. The molecule has 1 N–H and O–H groups in total. The standard InChI is InChI=1S/C15H20FNO3/c1-2-13(20-14-8-4-3-7-12(14)16)15(18)17-10-11-6-5-9-19-11/h3-4,7-8,11,13H,2,5-6,9-10H2,1H3,(H,17,18)/t11-,13-/m1/s1. The number of halogens is 1. The number of rotatable bonds is 6. The van der Waals surface area contributed by atoms with Crippen LogP contribution in [0.3, 0.4) is 0 Å². The third kappa shape index (κ3) is 3.93. The summed E-state index contributed by atoms with van der Waals surface area (Å²) in [7, 11) is 0. The van der Waals surface area contributed by atoms with E-state index >= 15 is 0 Å². The highest BCUT2D eigenvalue weighted by molar-refractivity contribution is 5.81. The predicted octanol–water partition coefficient (Wildman–Crippen LogP) is 2.28. The minimum atomic E-state index is -0.687. The van der Waals surface area contributed by atoms with E-state index in [1.165, 1.54) is 12.1 Å². The summed E-state index contributed by atoms with van der Waals surface area (Å²) in [6, 6.07) is 6.09. The Hall–Kier alpha value is -1.62. The molecule has 110 valence electrons. The van der Waals surface area contributed by atoms with Gasteiger partial charge in [-0.1, -0.05) is 19.1 Å². The smallest absolute Gasteiger partial charge is 0.261 e. The van der Waals surface area contributed by atoms with Gasteiger partial charge in [-0.25, -0.2) is 4.39 Å². The second-order valence-corrected chi connectivity index (χ2v) is 4.83. The van der Waals surface area contributed by atoms with E-state index in [1.54, 1.807) is 12.1 Å². The van der Waals surface area contributed by atoms with E-state index in [1.807, 2.05) is 6.92 Å². The van der Waals surface area contributed by atoms with Gasteiger partial charge < -0.3 is 14.8 Å². The van der Waals surface area contributed by atoms with Crippen LogP contribution in [0.25, 0.3) is 0 Å². The van der Waals surface area contributed by atoms with Gasteiger partial charge in [-0.15, -0.1) is 0 Å². The first kappa shape index (κ1) is 14.8. The Bertz CT molecular complexity index is 446. The lowest BCUT2D eigenvalue weighted by Gasteiger charge is -2.18. The molecule has 1 aromatic rings. The molecule has 1 aliphatic heterocycles. The quantitative estimate of drug-likeness (QED) is 0.870. The second-order valence-electron chi connectivity index (χ2n) is 4.83. The molecule has 2 atom stereocenters. The Balaban J connectivity index is 1.87. The van der Waals surface area contributed by atoms with Gasteiger partial charge in [0.1, 0.15) is 0 Å². The largest absolute Gasteiger partial charge is 0.478 e. The molecular weight excluding hydrogens is 261 g/mol. The van der Waals surface area contributed by atoms with Gasteiger partial charge >= 0.3 is 0 Å². The SMILES string of the molecule is CC[C@@H](Oc1ccccc1F)C(=O)NC[C@H]1CCCO1. The third-order valence-electron chi connectivity index (χ3n) is 3.30. The molecule has 4 nitrogen and oxygen atoms in total. The van der Waals surface area contributed by atoms with Gasteiger partial charge in [-0.3, -0.25) is 4.79 Å². The number of carbonyl (C=O) groups excluding carboxylic acids is 1. The molecule has 0 aromatic heterocycles. The van der Waals surface area contributed by atoms with Gasteiger partial charge in [-0.2, -0.15) is 0 Å². The van der Waals surface area contributed by atoms with Gasteiger partial charge in [0.2, 0.25) is 0 Å². The monoisotopic (exact) mass is 281 g/mol. The number of para-hydroxylation sites is 1. The number of benzene rings is 1. The van der Waals surface area contributed by atoms with Crippen molar-refractivity contribution in [2.45, 2.75) is 38.4 Å². The van der Waals surface area contributed by atoms with Crippen LogP contribution in [0.4, 0.5) is 4.39 Å². The molecule has 1 aliphatic rings. The number of ether oxygens (including phenoxy) is 2. The summed E-state index contributed by atoms with van der Waals surface area (Å²) in [6.07, 6.45) is 1.87. The van der Waals surface area contributed by atoms with Crippen LogP contribution in [0.15, 0.2) is 24.3 Å². The van der Waals surface area contributed by atoms with E-state index in [0.717, 1.165) is 19.4 Å². The van der Waals surface area contributed by atoms with E-state index in [9.17, 15) is 9.18 Å². The minimum absolute atomic E-state index is 0.0879. The van der Waals surface area contributed by atoms with Gasteiger partial charge in [0.15, 0.2) is 17.7 Å². The number of hydrogen-bond donors (Lipinski definition) is 1. The average molecular weight is 281 g/mol. The summed E-state index contributed by atoms with van der Waals surface area (Å²) in [6.45, 7) is 3.07. The van der Waals surface area contributed by atoms with Crippen molar-refractivity contribution >= 4 is 5.91 Å². The van der Waals surface area contributed by atoms with Crippen LogP contribution in [0.5, 0.6) is 5.75 Å². The molecule has 2 rings (SSSR count). The fourth-order valence-electron chi connectivity index (χ4n) is 2.15. The van der Waals surface area contributed by atoms with Crippen molar-refractivity contribution in [1.82, 2.24) is 5.32 Å². The van der Waals surface area contributed by atoms with Gasteiger partial charge in [-0.05, 0) is 31.4 Å². The highest BCUT2D eigenvalue weighted by Crippen LogP contribution is 2.18. The van der Waals surface area contributed by atoms with Crippen LogP contribution in [0, 0.1) is 5.82 Å². The Kier molecular flexibility index (Phi) is 5.35. The molecule has 0 bridgehead atoms. The second kappa shape index (κ2) is 7.24. The topological polar surface area (TPSA) is 47.6 Å². The zero-order valence-corrected chi connectivity index (χ0v) is 11.6. The minimum Gasteiger partial charge on any atom is -0.478 e. The Labute approximate surface area is 118 Å². The Morgan fingerprint density at radius 3 is 3.00 bits per heavy atom. The van der Waals surface area contributed by atoms with Crippen molar-refractivity contribution < 1.29 is 18.7 Å². The van der Waals surface area contributed by atoms with Gasteiger partial charge in [0.25, 0.3) is 5.91 Å². The maximum absolute atomic E-state index is 13.5. The van der Waals surface area contributed by atoms with E-state index < -0.39 is 11.9 Å². The normalized spacial score (nSPS) is 19.6. The molecule has 1 heterocycles. The molecule has 0 unspecified atom stereocenters. The summed E-state index contributed by atoms with van der Waals surface area (Å²) in [4.78, 5) is 12.0. The van der Waals surface area contributed by atoms with Crippen molar-refractivity contribution in [3.05, 3.63) is 30.1 Å². The lowest BCUT2D eigenvalue weighted by atomic mass is 10.2. The molecule has 5 heteroatoms. The highest BCUT2D eigenvalue weighted by atomic mass is 19.1. The van der Waals surface area contributed by atoms with Crippen LogP contribution < -0.4 is 10.1 Å². The highest BCUT2D eigenvalue weighted by Gasteiger charge is 2.22. The summed E-state index contributed by atoms with van der Waals surface area (Å²) in [5.74, 6) is -0.587. The van der Waals surface area contributed by atoms with Gasteiger partial charge in [0.05, 0.1) is 6.10 Å². The summed E-state index contributed by atoms with van der Waals surface area (Å²) < 4.78 is 24.4. The Morgan fingerprint density at radius 2 is 2.35 bits per heavy atom. The van der Waals surface area contributed by atoms with Crippen molar-refractivity contribution in [2.24, 2.45) is 0 Å². The van der Waals surface area contributed by atoms with Crippen LogP contribution in [-0.4, -0.2) is 31.3 Å².